The van der Waals surface area contributed by atoms with Gasteiger partial charge >= 0.3 is 0 Å². The van der Waals surface area contributed by atoms with E-state index >= 15 is 0 Å². The Hall–Kier alpha value is -3.08. The van der Waals surface area contributed by atoms with Crippen LogP contribution >= 0.6 is 0 Å². The van der Waals surface area contributed by atoms with Crippen LogP contribution in [0.4, 0.5) is 11.5 Å². The van der Waals surface area contributed by atoms with Crippen molar-refractivity contribution in [2.45, 2.75) is 6.92 Å². The molecule has 4 aromatic rings. The number of aromatic amines is 1. The molecule has 0 bridgehead atoms. The Labute approximate surface area is 126 Å². The van der Waals surface area contributed by atoms with E-state index in [2.05, 4.69) is 20.3 Å². The first kappa shape index (κ1) is 12.6. The molecule has 0 radical (unpaired) electrons. The highest BCUT2D eigenvalue weighted by Gasteiger charge is 2.10. The number of nitrogens with one attached hydrogen (secondary N) is 2. The second-order valence-corrected chi connectivity index (χ2v) is 5.24. The lowest BCUT2D eigenvalue weighted by molar-refractivity contribution is 0.471. The molecule has 2 aromatic heterocycles. The van der Waals surface area contributed by atoms with Crippen molar-refractivity contribution in [2.24, 2.45) is 0 Å². The summed E-state index contributed by atoms with van der Waals surface area (Å²) in [5.74, 6) is 0.941. The van der Waals surface area contributed by atoms with Crippen LogP contribution in [0.2, 0.25) is 0 Å². The standard InChI is InChI=1S/C17H14N4O/c1-10-6-7-11(8-14(10)22)20-17-16-15(18-9-19-17)12-4-2-3-5-13(12)21-16/h2-9,21-22H,1H3,(H,18,19,20). The molecule has 5 heteroatoms. The summed E-state index contributed by atoms with van der Waals surface area (Å²) in [5.41, 5.74) is 4.37. The van der Waals surface area contributed by atoms with Crippen molar-refractivity contribution >= 4 is 33.4 Å². The number of aromatic hydroxyl groups is 1. The lowest BCUT2D eigenvalue weighted by Gasteiger charge is -2.07. The van der Waals surface area contributed by atoms with Crippen LogP contribution in [-0.2, 0) is 0 Å². The van der Waals surface area contributed by atoms with Crippen molar-refractivity contribution in [2.75, 3.05) is 5.32 Å². The Morgan fingerprint density at radius 1 is 1.09 bits per heavy atom. The molecule has 2 heterocycles. The summed E-state index contributed by atoms with van der Waals surface area (Å²) in [6.45, 7) is 1.86. The van der Waals surface area contributed by atoms with Crippen LogP contribution in [0.3, 0.4) is 0 Å². The van der Waals surface area contributed by atoms with Crippen LogP contribution < -0.4 is 5.32 Å². The van der Waals surface area contributed by atoms with Crippen LogP contribution in [0.15, 0.2) is 48.8 Å². The number of hydrogen-bond acceptors (Lipinski definition) is 4. The first-order valence-electron chi connectivity index (χ1n) is 7.00. The van der Waals surface area contributed by atoms with Gasteiger partial charge in [-0.15, -0.1) is 0 Å². The average molecular weight is 290 g/mol. The number of hydrogen-bond donors (Lipinski definition) is 3. The molecular formula is C17H14N4O. The van der Waals surface area contributed by atoms with Gasteiger partial charge in [0.15, 0.2) is 5.82 Å². The van der Waals surface area contributed by atoms with Crippen molar-refractivity contribution in [1.82, 2.24) is 15.0 Å². The summed E-state index contributed by atoms with van der Waals surface area (Å²) in [7, 11) is 0. The zero-order valence-corrected chi connectivity index (χ0v) is 12.0. The van der Waals surface area contributed by atoms with Gasteiger partial charge in [0.1, 0.15) is 23.1 Å². The number of aromatic nitrogens is 3. The number of para-hydroxylation sites is 1. The maximum absolute atomic E-state index is 9.83. The second-order valence-electron chi connectivity index (χ2n) is 5.24. The monoisotopic (exact) mass is 290 g/mol. The highest BCUT2D eigenvalue weighted by atomic mass is 16.3. The molecule has 0 saturated carbocycles. The Morgan fingerprint density at radius 2 is 1.95 bits per heavy atom. The van der Waals surface area contributed by atoms with Gasteiger partial charge in [-0.2, -0.15) is 0 Å². The number of phenolic OH excluding ortho intramolecular Hbond substituents is 1. The number of rotatable bonds is 2. The summed E-state index contributed by atoms with van der Waals surface area (Å²) in [6, 6.07) is 13.5. The number of phenols is 1. The fourth-order valence-electron chi connectivity index (χ4n) is 2.56. The van der Waals surface area contributed by atoms with Crippen molar-refractivity contribution in [3.05, 3.63) is 54.4 Å². The van der Waals surface area contributed by atoms with Gasteiger partial charge in [0, 0.05) is 22.7 Å². The molecule has 0 unspecified atom stereocenters. The van der Waals surface area contributed by atoms with Crippen LogP contribution in [-0.4, -0.2) is 20.1 Å². The Morgan fingerprint density at radius 3 is 2.82 bits per heavy atom. The predicted octanol–water partition coefficient (Wildman–Crippen LogP) is 3.87. The van der Waals surface area contributed by atoms with Crippen molar-refractivity contribution in [3.63, 3.8) is 0 Å². The van der Waals surface area contributed by atoms with E-state index in [-0.39, 0.29) is 5.75 Å². The van der Waals surface area contributed by atoms with Crippen molar-refractivity contribution in [1.29, 1.82) is 0 Å². The maximum atomic E-state index is 9.83. The minimum atomic E-state index is 0.256. The van der Waals surface area contributed by atoms with Gasteiger partial charge in [0.2, 0.25) is 0 Å². The number of benzene rings is 2. The van der Waals surface area contributed by atoms with Gasteiger partial charge in [-0.3, -0.25) is 0 Å². The lowest BCUT2D eigenvalue weighted by atomic mass is 10.2. The van der Waals surface area contributed by atoms with Crippen molar-refractivity contribution in [3.8, 4) is 5.75 Å². The van der Waals surface area contributed by atoms with Crippen LogP contribution in [0.1, 0.15) is 5.56 Å². The smallest absolute Gasteiger partial charge is 0.158 e. The maximum Gasteiger partial charge on any atom is 0.158 e. The molecule has 3 N–H and O–H groups in total. The summed E-state index contributed by atoms with van der Waals surface area (Å²) in [5, 5.41) is 14.1. The third kappa shape index (κ3) is 1.95. The molecule has 4 rings (SSSR count). The van der Waals surface area contributed by atoms with Gasteiger partial charge in [-0.05, 0) is 24.6 Å². The SMILES string of the molecule is Cc1ccc(Nc2ncnc3c2[nH]c2ccccc23)cc1O. The van der Waals surface area contributed by atoms with Gasteiger partial charge in [0.25, 0.3) is 0 Å². The summed E-state index contributed by atoms with van der Waals surface area (Å²) in [4.78, 5) is 12.0. The first-order chi connectivity index (χ1) is 10.7. The Kier molecular flexibility index (Phi) is 2.72. The quantitative estimate of drug-likeness (QED) is 0.524. The number of H-pyrrole nitrogens is 1. The highest BCUT2D eigenvalue weighted by molar-refractivity contribution is 6.08. The number of nitrogens with zero attached hydrogens (tertiary/aromatic N) is 2. The summed E-state index contributed by atoms with van der Waals surface area (Å²) in [6.07, 6.45) is 1.54. The molecule has 0 aliphatic heterocycles. The normalized spacial score (nSPS) is 11.1. The molecule has 0 fully saturated rings. The van der Waals surface area contributed by atoms with Crippen LogP contribution in [0, 0.1) is 6.92 Å². The minimum absolute atomic E-state index is 0.256. The largest absolute Gasteiger partial charge is 0.508 e. The molecule has 0 aliphatic carbocycles. The second kappa shape index (κ2) is 4.73. The van der Waals surface area contributed by atoms with E-state index in [9.17, 15) is 5.11 Å². The van der Waals surface area contributed by atoms with Gasteiger partial charge in [-0.1, -0.05) is 24.3 Å². The predicted molar refractivity (Wildman–Crippen MR) is 87.5 cm³/mol. The van der Waals surface area contributed by atoms with E-state index in [1.54, 1.807) is 12.4 Å². The Balaban J connectivity index is 1.86. The lowest BCUT2D eigenvalue weighted by Crippen LogP contribution is -1.95. The molecule has 22 heavy (non-hydrogen) atoms. The molecular weight excluding hydrogens is 276 g/mol. The molecule has 0 spiro atoms. The molecule has 2 aromatic carbocycles. The molecule has 108 valence electrons. The summed E-state index contributed by atoms with van der Waals surface area (Å²) < 4.78 is 0. The Bertz CT molecular complexity index is 990. The zero-order valence-electron chi connectivity index (χ0n) is 12.0. The zero-order chi connectivity index (χ0) is 15.1. The number of aryl methyl sites for hydroxylation is 1. The van der Waals surface area contributed by atoms with Gasteiger partial charge in [0.05, 0.1) is 0 Å². The van der Waals surface area contributed by atoms with E-state index in [1.165, 1.54) is 0 Å². The third-order valence-corrected chi connectivity index (χ3v) is 3.76. The molecule has 5 nitrogen and oxygen atoms in total. The molecule has 0 atom stereocenters. The fourth-order valence-corrected chi connectivity index (χ4v) is 2.56. The van der Waals surface area contributed by atoms with Crippen molar-refractivity contribution < 1.29 is 5.11 Å². The minimum Gasteiger partial charge on any atom is -0.508 e. The molecule has 0 amide bonds. The summed E-state index contributed by atoms with van der Waals surface area (Å²) >= 11 is 0. The average Bonchev–Trinajstić information content (AvgIpc) is 2.91. The van der Waals surface area contributed by atoms with E-state index in [4.69, 9.17) is 0 Å². The van der Waals surface area contributed by atoms with Gasteiger partial charge < -0.3 is 15.4 Å². The van der Waals surface area contributed by atoms with Gasteiger partial charge in [-0.25, -0.2) is 9.97 Å². The molecule has 0 saturated heterocycles. The first-order valence-corrected chi connectivity index (χ1v) is 7.00. The number of fused-ring (bicyclic) bond motifs is 3. The van der Waals surface area contributed by atoms with E-state index in [0.29, 0.717) is 5.82 Å². The van der Waals surface area contributed by atoms with E-state index in [0.717, 1.165) is 33.2 Å². The van der Waals surface area contributed by atoms with E-state index < -0.39 is 0 Å². The third-order valence-electron chi connectivity index (χ3n) is 3.76. The highest BCUT2D eigenvalue weighted by Crippen LogP contribution is 2.29. The number of anilines is 2. The fraction of sp³-hybridized carbons (Fsp3) is 0.0588. The van der Waals surface area contributed by atoms with E-state index in [1.807, 2.05) is 43.3 Å². The molecule has 0 aliphatic rings. The topological polar surface area (TPSA) is 73.8 Å². The van der Waals surface area contributed by atoms with Crippen LogP contribution in [0.5, 0.6) is 5.75 Å². The van der Waals surface area contributed by atoms with Crippen LogP contribution in [0.25, 0.3) is 21.9 Å².